The van der Waals surface area contributed by atoms with Crippen LogP contribution in [0.2, 0.25) is 0 Å². The Morgan fingerprint density at radius 2 is 0.446 bits per heavy atom. The molecule has 7 rings (SSSR count). The predicted octanol–water partition coefficient (Wildman–Crippen LogP) is 15.7. The second kappa shape index (κ2) is 18.0. The van der Waals surface area contributed by atoms with Crippen LogP contribution in [0.3, 0.4) is 0 Å². The van der Waals surface area contributed by atoms with Gasteiger partial charge in [-0.15, -0.1) is 0 Å². The van der Waals surface area contributed by atoms with Crippen molar-refractivity contribution in [2.75, 3.05) is 14.7 Å². The summed E-state index contributed by atoms with van der Waals surface area (Å²) in [5, 5.41) is 0. The average Bonchev–Trinajstić information content (AvgIpc) is 3.23. The minimum Gasteiger partial charge on any atom is -0.311 e. The van der Waals surface area contributed by atoms with Gasteiger partial charge in [0.1, 0.15) is 0 Å². The van der Waals surface area contributed by atoms with E-state index in [9.17, 15) is 0 Å². The number of rotatable bonds is 15. The molecule has 0 heterocycles. The van der Waals surface area contributed by atoms with Crippen molar-refractivity contribution in [3.63, 3.8) is 0 Å². The summed E-state index contributed by atoms with van der Waals surface area (Å²) in [4.78, 5) is 7.06. The second-order valence-electron chi connectivity index (χ2n) is 15.1. The number of benzene rings is 7. The average molecular weight is 734 g/mol. The highest BCUT2D eigenvalue weighted by atomic mass is 15.2. The number of nitrogens with zero attached hydrogens (tertiary/aromatic N) is 3. The van der Waals surface area contributed by atoms with E-state index >= 15 is 0 Å². The Morgan fingerprint density at radius 3 is 0.643 bits per heavy atom. The van der Waals surface area contributed by atoms with Crippen LogP contribution in [0.4, 0.5) is 51.2 Å². The Labute approximate surface area is 335 Å². The number of anilines is 9. The van der Waals surface area contributed by atoms with Crippen LogP contribution in [-0.2, 0) is 12.8 Å². The van der Waals surface area contributed by atoms with Crippen LogP contribution >= 0.6 is 0 Å². The van der Waals surface area contributed by atoms with Gasteiger partial charge < -0.3 is 14.7 Å². The van der Waals surface area contributed by atoms with E-state index in [2.05, 4.69) is 219 Å². The highest BCUT2D eigenvalue weighted by Crippen LogP contribution is 2.41. The van der Waals surface area contributed by atoms with Crippen molar-refractivity contribution in [3.8, 4) is 0 Å². The lowest BCUT2D eigenvalue weighted by Gasteiger charge is -2.29. The molecule has 7 aromatic rings. The summed E-state index contributed by atoms with van der Waals surface area (Å²) in [7, 11) is 0. The minimum atomic E-state index is 1.10. The van der Waals surface area contributed by atoms with Gasteiger partial charge in [-0.2, -0.15) is 0 Å². The third kappa shape index (κ3) is 9.07. The number of hydrogen-bond donors (Lipinski definition) is 0. The summed E-state index contributed by atoms with van der Waals surface area (Å²) < 4.78 is 0. The lowest BCUT2D eigenvalue weighted by Crippen LogP contribution is -2.13. The molecule has 0 bridgehead atoms. The number of aryl methyl sites for hydroxylation is 5. The molecule has 0 aliphatic carbocycles. The molecule has 3 nitrogen and oxygen atoms in total. The first-order chi connectivity index (χ1) is 27.4. The highest BCUT2D eigenvalue weighted by molar-refractivity contribution is 5.83. The van der Waals surface area contributed by atoms with Crippen molar-refractivity contribution in [1.82, 2.24) is 0 Å². The molecule has 0 radical (unpaired) electrons. The smallest absolute Gasteiger partial charge is 0.0463 e. The zero-order chi connectivity index (χ0) is 38.9. The third-order valence-electron chi connectivity index (χ3n) is 10.6. The van der Waals surface area contributed by atoms with Crippen LogP contribution in [0.1, 0.15) is 67.3 Å². The Kier molecular flexibility index (Phi) is 12.3. The van der Waals surface area contributed by atoms with E-state index in [-0.39, 0.29) is 0 Å². The molecule has 0 saturated carbocycles. The summed E-state index contributed by atoms with van der Waals surface area (Å²) in [5.74, 6) is 0. The Bertz CT molecular complexity index is 2160. The molecule has 0 atom stereocenters. The monoisotopic (exact) mass is 733 g/mol. The quantitative estimate of drug-likeness (QED) is 0.104. The molecule has 0 aliphatic heterocycles. The maximum Gasteiger partial charge on any atom is 0.0463 e. The van der Waals surface area contributed by atoms with Crippen LogP contribution in [0.15, 0.2) is 170 Å². The summed E-state index contributed by atoms with van der Waals surface area (Å²) >= 11 is 0. The molecule has 0 spiro atoms. The number of hydrogen-bond acceptors (Lipinski definition) is 3. The zero-order valence-electron chi connectivity index (χ0n) is 33.8. The van der Waals surface area contributed by atoms with E-state index in [1.54, 1.807) is 0 Å². The first-order valence-corrected chi connectivity index (χ1v) is 20.4. The van der Waals surface area contributed by atoms with Gasteiger partial charge >= 0.3 is 0 Å². The first-order valence-electron chi connectivity index (χ1n) is 20.4. The molecule has 3 heteroatoms. The predicted molar refractivity (Wildman–Crippen MR) is 242 cm³/mol. The van der Waals surface area contributed by atoms with Crippen LogP contribution in [-0.4, -0.2) is 0 Å². The van der Waals surface area contributed by atoms with Crippen molar-refractivity contribution in [3.05, 3.63) is 198 Å². The molecule has 0 amide bonds. The molecular weight excluding hydrogens is 679 g/mol. The summed E-state index contributed by atoms with van der Waals surface area (Å²) in [6.45, 7) is 10.9. The molecule has 0 N–H and O–H groups in total. The number of unbranched alkanes of at least 4 members (excludes halogenated alkanes) is 2. The largest absolute Gasteiger partial charge is 0.311 e. The van der Waals surface area contributed by atoms with Gasteiger partial charge in [0.05, 0.1) is 0 Å². The summed E-state index contributed by atoms with van der Waals surface area (Å²) in [6.07, 6.45) is 7.05. The molecule has 56 heavy (non-hydrogen) atoms. The third-order valence-corrected chi connectivity index (χ3v) is 10.6. The van der Waals surface area contributed by atoms with Gasteiger partial charge in [0.25, 0.3) is 0 Å². The maximum absolute atomic E-state index is 2.38. The SMILES string of the molecule is CCCCc1ccc(N(c2ccc(CCCC)cc2)c2ccc(N(c3ccc(C)cc3)c3ccc(N(c4ccc(C)cc4)c4ccc(C)cc4)cc3)cc2)cc1. The van der Waals surface area contributed by atoms with Crippen LogP contribution < -0.4 is 14.7 Å². The van der Waals surface area contributed by atoms with Crippen LogP contribution in [0.5, 0.6) is 0 Å². The topological polar surface area (TPSA) is 9.72 Å². The van der Waals surface area contributed by atoms with Gasteiger partial charge in [-0.3, -0.25) is 0 Å². The van der Waals surface area contributed by atoms with Crippen LogP contribution in [0.25, 0.3) is 0 Å². The van der Waals surface area contributed by atoms with Crippen molar-refractivity contribution in [1.29, 1.82) is 0 Å². The lowest BCUT2D eigenvalue weighted by atomic mass is 10.1. The molecular formula is C53H55N3. The van der Waals surface area contributed by atoms with E-state index in [1.807, 2.05) is 0 Å². The van der Waals surface area contributed by atoms with Crippen molar-refractivity contribution in [2.24, 2.45) is 0 Å². The molecule has 282 valence electrons. The van der Waals surface area contributed by atoms with Gasteiger partial charge in [-0.25, -0.2) is 0 Å². The Balaban J connectivity index is 1.25. The first kappa shape index (κ1) is 38.2. The second-order valence-corrected chi connectivity index (χ2v) is 15.1. The fourth-order valence-electron chi connectivity index (χ4n) is 7.31. The molecule has 0 aromatic heterocycles. The standard InChI is InChI=1S/C53H55N3/c1-6-8-10-43-18-28-48(29-19-43)56(49-30-20-44(21-31-49)11-9-7-2)53-38-36-52(37-39-53)55(47-26-16-42(5)17-27-47)51-34-32-50(33-35-51)54(45-22-12-40(3)13-23-45)46-24-14-41(4)15-25-46/h12-39H,6-11H2,1-5H3. The molecule has 7 aromatic carbocycles. The fourth-order valence-corrected chi connectivity index (χ4v) is 7.31. The van der Waals surface area contributed by atoms with Crippen molar-refractivity contribution >= 4 is 51.2 Å². The van der Waals surface area contributed by atoms with Gasteiger partial charge in [0.2, 0.25) is 0 Å². The van der Waals surface area contributed by atoms with E-state index in [0.717, 1.165) is 64.0 Å². The molecule has 0 fully saturated rings. The Hall–Kier alpha value is -6.06. The highest BCUT2D eigenvalue weighted by Gasteiger charge is 2.18. The summed E-state index contributed by atoms with van der Waals surface area (Å²) in [5.41, 5.74) is 16.7. The maximum atomic E-state index is 2.38. The molecule has 0 saturated heterocycles. The summed E-state index contributed by atoms with van der Waals surface area (Å²) in [6, 6.07) is 62.6. The van der Waals surface area contributed by atoms with Crippen molar-refractivity contribution < 1.29 is 0 Å². The van der Waals surface area contributed by atoms with E-state index in [1.165, 1.54) is 53.5 Å². The van der Waals surface area contributed by atoms with Gasteiger partial charge in [-0.1, -0.05) is 104 Å². The van der Waals surface area contributed by atoms with Gasteiger partial charge in [0, 0.05) is 51.2 Å². The van der Waals surface area contributed by atoms with Crippen molar-refractivity contribution in [2.45, 2.75) is 73.1 Å². The van der Waals surface area contributed by atoms with E-state index < -0.39 is 0 Å². The van der Waals surface area contributed by atoms with Crippen LogP contribution in [0, 0.1) is 20.8 Å². The van der Waals surface area contributed by atoms with Gasteiger partial charge in [0.15, 0.2) is 0 Å². The molecule has 0 aliphatic rings. The zero-order valence-corrected chi connectivity index (χ0v) is 33.8. The molecule has 0 unspecified atom stereocenters. The van der Waals surface area contributed by atoms with E-state index in [0.29, 0.717) is 0 Å². The lowest BCUT2D eigenvalue weighted by molar-refractivity contribution is 0.795. The fraction of sp³-hybridized carbons (Fsp3) is 0.208. The van der Waals surface area contributed by atoms with Gasteiger partial charge in [-0.05, 0) is 167 Å². The Morgan fingerprint density at radius 1 is 0.268 bits per heavy atom. The minimum absolute atomic E-state index is 1.10. The van der Waals surface area contributed by atoms with E-state index in [4.69, 9.17) is 0 Å². The normalized spacial score (nSPS) is 11.0.